The number of primary sulfonamides is 1. The summed E-state index contributed by atoms with van der Waals surface area (Å²) < 4.78 is 35.8. The Bertz CT molecular complexity index is 1090. The fraction of sp³-hybridized carbons (Fsp3) is 0.786. The van der Waals surface area contributed by atoms with Crippen LogP contribution in [0.5, 0.6) is 0 Å². The van der Waals surface area contributed by atoms with Gasteiger partial charge in [-0.25, -0.2) is 23.3 Å². The van der Waals surface area contributed by atoms with Crippen molar-refractivity contribution in [2.24, 2.45) is 17.0 Å². The molecule has 38 heavy (non-hydrogen) atoms. The van der Waals surface area contributed by atoms with Gasteiger partial charge >= 0.3 is 6.09 Å². The number of carbonyl (C=O) groups excluding carboxylic acids is 1. The van der Waals surface area contributed by atoms with Crippen LogP contribution in [0.2, 0.25) is 0 Å². The number of amides is 1. The molecular formula is C28H48N4O5S. The number of carbonyl (C=O) groups is 1. The molecule has 0 radical (unpaired) electrons. The van der Waals surface area contributed by atoms with Gasteiger partial charge in [0.2, 0.25) is 0 Å². The molecule has 1 aromatic heterocycles. The van der Waals surface area contributed by atoms with E-state index in [-0.39, 0.29) is 39.8 Å². The molecule has 0 aromatic carbocycles. The zero-order chi connectivity index (χ0) is 28.7. The fourth-order valence-corrected chi connectivity index (χ4v) is 6.85. The second-order valence-corrected chi connectivity index (χ2v) is 15.5. The molecule has 3 N–H and O–H groups in total. The smallest absolute Gasteiger partial charge is 0.410 e. The van der Waals surface area contributed by atoms with E-state index in [1.165, 1.54) is 6.07 Å². The maximum Gasteiger partial charge on any atom is 0.410 e. The van der Waals surface area contributed by atoms with Crippen molar-refractivity contribution in [1.29, 1.82) is 0 Å². The summed E-state index contributed by atoms with van der Waals surface area (Å²) in [7, 11) is -3.91. The van der Waals surface area contributed by atoms with E-state index >= 15 is 0 Å². The minimum Gasteiger partial charge on any atom is -0.444 e. The Morgan fingerprint density at radius 2 is 1.76 bits per heavy atom. The van der Waals surface area contributed by atoms with Crippen LogP contribution in [0.15, 0.2) is 23.2 Å². The quantitative estimate of drug-likeness (QED) is 0.470. The maximum atomic E-state index is 12.9. The van der Waals surface area contributed by atoms with Crippen LogP contribution in [0.1, 0.15) is 94.4 Å². The molecule has 0 spiro atoms. The largest absolute Gasteiger partial charge is 0.444 e. The number of pyridine rings is 1. The van der Waals surface area contributed by atoms with Crippen molar-refractivity contribution in [3.8, 4) is 0 Å². The van der Waals surface area contributed by atoms with E-state index < -0.39 is 15.6 Å². The molecule has 0 aliphatic carbocycles. The van der Waals surface area contributed by atoms with E-state index in [4.69, 9.17) is 14.6 Å². The van der Waals surface area contributed by atoms with Crippen LogP contribution in [-0.4, -0.2) is 59.3 Å². The average molecular weight is 553 g/mol. The standard InChI is InChI=1S/C28H48N4O5S/c1-25(2,3)36-24(33)32-18-19(15-26(32,4)5)13-14-21(20-16-27(6,7)37-28(8,9)17-20)30-22-11-10-12-23(31-22)38(29,34)35/h10-12,19-21H,13-18H2,1-9H3,(H,30,31)(H2,29,34,35)/t19-,21?/m0/s1. The third kappa shape index (κ3) is 8.29. The van der Waals surface area contributed by atoms with Crippen molar-refractivity contribution < 1.29 is 22.7 Å². The van der Waals surface area contributed by atoms with Crippen LogP contribution >= 0.6 is 0 Å². The molecule has 1 amide bonds. The third-order valence-corrected chi connectivity index (χ3v) is 8.25. The van der Waals surface area contributed by atoms with Gasteiger partial charge in [0.1, 0.15) is 11.4 Å². The van der Waals surface area contributed by atoms with Crippen molar-refractivity contribution in [3.05, 3.63) is 18.2 Å². The second kappa shape index (κ2) is 10.6. The van der Waals surface area contributed by atoms with E-state index in [9.17, 15) is 13.2 Å². The van der Waals surface area contributed by atoms with Gasteiger partial charge in [-0.3, -0.25) is 0 Å². The second-order valence-electron chi connectivity index (χ2n) is 14.0. The molecule has 2 fully saturated rings. The topological polar surface area (TPSA) is 124 Å². The van der Waals surface area contributed by atoms with Crippen LogP contribution in [-0.2, 0) is 19.5 Å². The minimum atomic E-state index is -3.91. The summed E-state index contributed by atoms with van der Waals surface area (Å²) in [4.78, 5) is 19.1. The van der Waals surface area contributed by atoms with E-state index in [0.717, 1.165) is 32.1 Å². The molecule has 0 bridgehead atoms. The predicted molar refractivity (Wildman–Crippen MR) is 149 cm³/mol. The van der Waals surface area contributed by atoms with Crippen LogP contribution < -0.4 is 10.5 Å². The Balaban J connectivity index is 1.80. The number of aromatic nitrogens is 1. The van der Waals surface area contributed by atoms with Gasteiger partial charge in [-0.1, -0.05) is 6.07 Å². The zero-order valence-corrected chi connectivity index (χ0v) is 25.4. The lowest BCUT2D eigenvalue weighted by Gasteiger charge is -2.48. The molecule has 9 nitrogen and oxygen atoms in total. The van der Waals surface area contributed by atoms with Crippen molar-refractivity contribution in [2.45, 2.75) is 128 Å². The molecule has 2 atom stereocenters. The Labute approximate surface area is 229 Å². The number of nitrogens with two attached hydrogens (primary N) is 1. The molecule has 10 heteroatoms. The third-order valence-electron chi connectivity index (χ3n) is 7.44. The predicted octanol–water partition coefficient (Wildman–Crippen LogP) is 5.31. The lowest BCUT2D eigenvalue weighted by atomic mass is 9.75. The lowest BCUT2D eigenvalue weighted by molar-refractivity contribution is -0.174. The molecule has 1 unspecified atom stereocenters. The van der Waals surface area contributed by atoms with E-state index in [0.29, 0.717) is 18.3 Å². The average Bonchev–Trinajstić information content (AvgIpc) is 3.01. The first-order valence-corrected chi connectivity index (χ1v) is 15.2. The summed E-state index contributed by atoms with van der Waals surface area (Å²) in [5.74, 6) is 1.10. The molecule has 0 saturated carbocycles. The van der Waals surface area contributed by atoms with Crippen molar-refractivity contribution >= 4 is 21.9 Å². The molecule has 1 aromatic rings. The van der Waals surface area contributed by atoms with Gasteiger partial charge < -0.3 is 19.7 Å². The van der Waals surface area contributed by atoms with E-state index in [2.05, 4.69) is 51.8 Å². The Morgan fingerprint density at radius 1 is 1.16 bits per heavy atom. The minimum absolute atomic E-state index is 0.0411. The number of nitrogens with one attached hydrogen (secondary N) is 1. The summed E-state index contributed by atoms with van der Waals surface area (Å²) >= 11 is 0. The molecular weight excluding hydrogens is 504 g/mol. The number of rotatable bonds is 7. The van der Waals surface area contributed by atoms with Crippen molar-refractivity contribution in [3.63, 3.8) is 0 Å². The Morgan fingerprint density at radius 3 is 2.32 bits per heavy atom. The molecule has 2 saturated heterocycles. The monoisotopic (exact) mass is 552 g/mol. The normalized spacial score (nSPS) is 24.2. The first-order chi connectivity index (χ1) is 17.2. The number of likely N-dealkylation sites (tertiary alicyclic amines) is 1. The van der Waals surface area contributed by atoms with Crippen LogP contribution in [0, 0.1) is 11.8 Å². The SMILES string of the molecule is CC(C)(C)OC(=O)N1C[C@@H](CCC(Nc2cccc(S(N)(=O)=O)n2)C2CC(C)(C)OC(C)(C)C2)CC1(C)C. The van der Waals surface area contributed by atoms with Gasteiger partial charge in [-0.05, 0) is 118 Å². The highest BCUT2D eigenvalue weighted by Crippen LogP contribution is 2.42. The molecule has 3 rings (SSSR count). The molecule has 2 aliphatic rings. The number of anilines is 1. The van der Waals surface area contributed by atoms with Crippen molar-refractivity contribution in [2.75, 3.05) is 11.9 Å². The number of hydrogen-bond acceptors (Lipinski definition) is 7. The summed E-state index contributed by atoms with van der Waals surface area (Å²) in [5, 5.41) is 8.74. The first-order valence-electron chi connectivity index (χ1n) is 13.6. The number of ether oxygens (including phenoxy) is 2. The van der Waals surface area contributed by atoms with E-state index in [1.807, 2.05) is 25.7 Å². The fourth-order valence-electron chi connectivity index (χ4n) is 6.35. The summed E-state index contributed by atoms with van der Waals surface area (Å²) in [5.41, 5.74) is -1.40. The van der Waals surface area contributed by atoms with Crippen LogP contribution in [0.25, 0.3) is 0 Å². The van der Waals surface area contributed by atoms with Gasteiger partial charge in [0.25, 0.3) is 10.0 Å². The van der Waals surface area contributed by atoms with Crippen LogP contribution in [0.4, 0.5) is 10.6 Å². The van der Waals surface area contributed by atoms with Gasteiger partial charge in [-0.15, -0.1) is 0 Å². The van der Waals surface area contributed by atoms with Gasteiger partial charge in [-0.2, -0.15) is 0 Å². The summed E-state index contributed by atoms with van der Waals surface area (Å²) in [6, 6.07) is 4.88. The molecule has 216 valence electrons. The molecule has 3 heterocycles. The van der Waals surface area contributed by atoms with Gasteiger partial charge in [0.05, 0.1) is 11.2 Å². The molecule has 2 aliphatic heterocycles. The number of sulfonamides is 1. The maximum absolute atomic E-state index is 12.9. The van der Waals surface area contributed by atoms with Crippen molar-refractivity contribution in [1.82, 2.24) is 9.88 Å². The summed E-state index contributed by atoms with van der Waals surface area (Å²) in [6.07, 6.45) is 4.11. The number of hydrogen-bond donors (Lipinski definition) is 2. The highest BCUT2D eigenvalue weighted by Gasteiger charge is 2.45. The Hall–Kier alpha value is -1.91. The number of nitrogens with zero attached hydrogens (tertiary/aromatic N) is 2. The van der Waals surface area contributed by atoms with Gasteiger partial charge in [0.15, 0.2) is 5.03 Å². The van der Waals surface area contributed by atoms with E-state index in [1.54, 1.807) is 12.1 Å². The lowest BCUT2D eigenvalue weighted by Crippen LogP contribution is -2.49. The van der Waals surface area contributed by atoms with Gasteiger partial charge in [0, 0.05) is 18.1 Å². The zero-order valence-electron chi connectivity index (χ0n) is 24.6. The Kier molecular flexibility index (Phi) is 8.53. The highest BCUT2D eigenvalue weighted by molar-refractivity contribution is 7.89. The highest BCUT2D eigenvalue weighted by atomic mass is 32.2. The first kappa shape index (κ1) is 30.6. The van der Waals surface area contributed by atoms with Crippen LogP contribution in [0.3, 0.4) is 0 Å². The summed E-state index contributed by atoms with van der Waals surface area (Å²) in [6.45, 7) is 19.0.